The van der Waals surface area contributed by atoms with Crippen molar-refractivity contribution in [3.8, 4) is 28.6 Å². The monoisotopic (exact) mass is 352 g/mol. The van der Waals surface area contributed by atoms with Crippen LogP contribution in [0.4, 0.5) is 4.39 Å². The van der Waals surface area contributed by atoms with E-state index in [0.717, 1.165) is 11.3 Å². The molecule has 26 heavy (non-hydrogen) atoms. The molecule has 0 aliphatic heterocycles. The number of rotatable bonds is 5. The lowest BCUT2D eigenvalue weighted by Gasteiger charge is -1.98. The number of nitrogens with zero attached hydrogens (tertiary/aromatic N) is 4. The number of methoxy groups -OCH3 is 1. The molecule has 7 nitrogen and oxygen atoms in total. The molecular weight excluding hydrogens is 339 g/mol. The molecule has 0 saturated heterocycles. The summed E-state index contributed by atoms with van der Waals surface area (Å²) in [5.41, 5.74) is 1.44. The van der Waals surface area contributed by atoms with E-state index in [1.807, 2.05) is 24.3 Å². The summed E-state index contributed by atoms with van der Waals surface area (Å²) < 4.78 is 28.9. The summed E-state index contributed by atoms with van der Waals surface area (Å²) in [5.74, 6) is 1.86. The first kappa shape index (κ1) is 15.9. The molecule has 0 saturated carbocycles. The zero-order valence-corrected chi connectivity index (χ0v) is 13.7. The molecule has 4 rings (SSSR count). The second-order valence-corrected chi connectivity index (χ2v) is 5.42. The number of ether oxygens (including phenoxy) is 1. The highest BCUT2D eigenvalue weighted by atomic mass is 19.1. The van der Waals surface area contributed by atoms with Crippen molar-refractivity contribution >= 4 is 0 Å². The highest BCUT2D eigenvalue weighted by Crippen LogP contribution is 2.22. The van der Waals surface area contributed by atoms with Crippen LogP contribution in [0.2, 0.25) is 0 Å². The molecule has 0 bridgehead atoms. The molecule has 2 aromatic carbocycles. The molecule has 0 spiro atoms. The average molecular weight is 352 g/mol. The summed E-state index contributed by atoms with van der Waals surface area (Å²) in [6, 6.07) is 13.1. The molecule has 4 aromatic rings. The van der Waals surface area contributed by atoms with Crippen LogP contribution in [0.1, 0.15) is 11.8 Å². The second-order valence-electron chi connectivity index (χ2n) is 5.42. The first-order chi connectivity index (χ1) is 12.7. The van der Waals surface area contributed by atoms with Crippen LogP contribution in [0.3, 0.4) is 0 Å². The van der Waals surface area contributed by atoms with Crippen LogP contribution in [-0.4, -0.2) is 27.4 Å². The normalized spacial score (nSPS) is 10.8. The predicted octanol–water partition coefficient (Wildman–Crippen LogP) is 3.53. The fourth-order valence-electron chi connectivity index (χ4n) is 2.35. The molecule has 0 fully saturated rings. The summed E-state index contributed by atoms with van der Waals surface area (Å²) in [4.78, 5) is 4.33. The fourth-order valence-corrected chi connectivity index (χ4v) is 2.35. The van der Waals surface area contributed by atoms with Crippen molar-refractivity contribution in [3.05, 3.63) is 66.1 Å². The van der Waals surface area contributed by atoms with E-state index < -0.39 is 0 Å². The van der Waals surface area contributed by atoms with E-state index in [0.29, 0.717) is 29.1 Å². The maximum Gasteiger partial charge on any atom is 0.247 e. The summed E-state index contributed by atoms with van der Waals surface area (Å²) in [7, 11) is 1.60. The molecule has 130 valence electrons. The number of hydrogen-bond donors (Lipinski definition) is 0. The highest BCUT2D eigenvalue weighted by Gasteiger charge is 2.14. The Morgan fingerprint density at radius 3 is 2.38 bits per heavy atom. The molecule has 0 radical (unpaired) electrons. The molecule has 0 unspecified atom stereocenters. The van der Waals surface area contributed by atoms with E-state index in [2.05, 4.69) is 20.3 Å². The standard InChI is InChI=1S/C18H13FN4O3/c1-24-14-8-4-11(5-9-14)17-20-15(26-23-17)10-16-21-22-18(25-16)12-2-6-13(19)7-3-12/h2-9H,10H2,1H3. The Balaban J connectivity index is 1.49. The van der Waals surface area contributed by atoms with Gasteiger partial charge in [0.25, 0.3) is 0 Å². The van der Waals surface area contributed by atoms with Gasteiger partial charge in [-0.1, -0.05) is 5.16 Å². The van der Waals surface area contributed by atoms with E-state index in [-0.39, 0.29) is 12.2 Å². The molecule has 0 aliphatic carbocycles. The van der Waals surface area contributed by atoms with Gasteiger partial charge in [-0.3, -0.25) is 0 Å². The lowest BCUT2D eigenvalue weighted by atomic mass is 10.2. The zero-order valence-electron chi connectivity index (χ0n) is 13.7. The minimum absolute atomic E-state index is 0.206. The van der Waals surface area contributed by atoms with Crippen LogP contribution < -0.4 is 4.74 Å². The largest absolute Gasteiger partial charge is 0.497 e. The van der Waals surface area contributed by atoms with Gasteiger partial charge in [0.15, 0.2) is 0 Å². The van der Waals surface area contributed by atoms with Gasteiger partial charge in [-0.15, -0.1) is 10.2 Å². The van der Waals surface area contributed by atoms with E-state index in [9.17, 15) is 4.39 Å². The molecule has 8 heteroatoms. The van der Waals surface area contributed by atoms with Crippen molar-refractivity contribution in [1.29, 1.82) is 0 Å². The minimum Gasteiger partial charge on any atom is -0.497 e. The fraction of sp³-hybridized carbons (Fsp3) is 0.111. The van der Waals surface area contributed by atoms with Crippen molar-refractivity contribution in [2.24, 2.45) is 0 Å². The molecule has 2 heterocycles. The van der Waals surface area contributed by atoms with Gasteiger partial charge >= 0.3 is 0 Å². The van der Waals surface area contributed by atoms with Crippen LogP contribution in [0.15, 0.2) is 57.5 Å². The molecule has 0 amide bonds. The Hall–Kier alpha value is -3.55. The molecule has 0 aliphatic rings. The van der Waals surface area contributed by atoms with Gasteiger partial charge in [-0.2, -0.15) is 4.98 Å². The zero-order chi connectivity index (χ0) is 17.9. The van der Waals surface area contributed by atoms with Crippen LogP contribution in [0, 0.1) is 5.82 Å². The van der Waals surface area contributed by atoms with Crippen molar-refractivity contribution in [2.45, 2.75) is 6.42 Å². The number of hydrogen-bond acceptors (Lipinski definition) is 7. The summed E-state index contributed by atoms with van der Waals surface area (Å²) in [5, 5.41) is 11.9. The van der Waals surface area contributed by atoms with Crippen LogP contribution >= 0.6 is 0 Å². The van der Waals surface area contributed by atoms with Crippen LogP contribution in [0.5, 0.6) is 5.75 Å². The van der Waals surface area contributed by atoms with E-state index in [4.69, 9.17) is 13.7 Å². The quantitative estimate of drug-likeness (QED) is 0.543. The maximum absolute atomic E-state index is 13.0. The third-order valence-corrected chi connectivity index (χ3v) is 3.68. The van der Waals surface area contributed by atoms with Gasteiger partial charge in [-0.05, 0) is 48.5 Å². The summed E-state index contributed by atoms with van der Waals surface area (Å²) in [6.45, 7) is 0. The first-order valence-corrected chi connectivity index (χ1v) is 7.76. The molecule has 2 aromatic heterocycles. The molecule has 0 atom stereocenters. The van der Waals surface area contributed by atoms with Crippen molar-refractivity contribution in [3.63, 3.8) is 0 Å². The first-order valence-electron chi connectivity index (χ1n) is 7.76. The van der Waals surface area contributed by atoms with Gasteiger partial charge in [0.2, 0.25) is 23.5 Å². The Kier molecular flexibility index (Phi) is 4.14. The highest BCUT2D eigenvalue weighted by molar-refractivity contribution is 5.55. The van der Waals surface area contributed by atoms with Crippen LogP contribution in [0.25, 0.3) is 22.8 Å². The van der Waals surface area contributed by atoms with Gasteiger partial charge < -0.3 is 13.7 Å². The third-order valence-electron chi connectivity index (χ3n) is 3.68. The lowest BCUT2D eigenvalue weighted by Crippen LogP contribution is -1.89. The Labute approximate surface area is 147 Å². The van der Waals surface area contributed by atoms with E-state index in [1.54, 1.807) is 19.2 Å². The summed E-state index contributed by atoms with van der Waals surface area (Å²) in [6.07, 6.45) is 0.206. The van der Waals surface area contributed by atoms with Gasteiger partial charge in [0.05, 0.1) is 7.11 Å². The van der Waals surface area contributed by atoms with E-state index in [1.165, 1.54) is 12.1 Å². The second kappa shape index (κ2) is 6.75. The maximum atomic E-state index is 13.0. The van der Waals surface area contributed by atoms with Crippen LogP contribution in [-0.2, 0) is 6.42 Å². The smallest absolute Gasteiger partial charge is 0.247 e. The number of aromatic nitrogens is 4. The van der Waals surface area contributed by atoms with E-state index >= 15 is 0 Å². The lowest BCUT2D eigenvalue weighted by molar-refractivity contribution is 0.374. The summed E-state index contributed by atoms with van der Waals surface area (Å²) >= 11 is 0. The SMILES string of the molecule is COc1ccc(-c2noc(Cc3nnc(-c4ccc(F)cc4)o3)n2)cc1. The van der Waals surface area contributed by atoms with Crippen molar-refractivity contribution < 1.29 is 18.1 Å². The van der Waals surface area contributed by atoms with Gasteiger partial charge in [0.1, 0.15) is 18.0 Å². The molecular formula is C18H13FN4O3. The average Bonchev–Trinajstić information content (AvgIpc) is 3.33. The Morgan fingerprint density at radius 1 is 0.923 bits per heavy atom. The van der Waals surface area contributed by atoms with Crippen molar-refractivity contribution in [2.75, 3.05) is 7.11 Å². The molecule has 0 N–H and O–H groups in total. The van der Waals surface area contributed by atoms with Gasteiger partial charge in [0, 0.05) is 11.1 Å². The minimum atomic E-state index is -0.328. The topological polar surface area (TPSA) is 87.1 Å². The Bertz CT molecular complexity index is 1010. The van der Waals surface area contributed by atoms with Gasteiger partial charge in [-0.25, -0.2) is 4.39 Å². The number of benzene rings is 2. The Morgan fingerprint density at radius 2 is 1.65 bits per heavy atom. The number of halogens is 1. The third kappa shape index (κ3) is 3.30. The predicted molar refractivity (Wildman–Crippen MR) is 88.8 cm³/mol. The van der Waals surface area contributed by atoms with Crippen molar-refractivity contribution in [1.82, 2.24) is 20.3 Å².